The van der Waals surface area contributed by atoms with Gasteiger partial charge in [0.1, 0.15) is 6.54 Å². The van der Waals surface area contributed by atoms with Gasteiger partial charge in [-0.25, -0.2) is 14.3 Å². The zero-order valence-electron chi connectivity index (χ0n) is 14.8. The normalized spacial score (nSPS) is 19.4. The van der Waals surface area contributed by atoms with Gasteiger partial charge in [0, 0.05) is 33.2 Å². The van der Waals surface area contributed by atoms with E-state index in [4.69, 9.17) is 5.73 Å². The standard InChI is InChI=1S/C16H24N6O3/c1-10(17)11-5-4-6-21(7-11)12(23)8-22-15(24)13-14(18-9-19(13)2)20(3)16(22)25/h9-11H,4-8,17H2,1-3H3. The number of fused-ring (bicyclic) bond motifs is 1. The Morgan fingerprint density at radius 3 is 2.80 bits per heavy atom. The van der Waals surface area contributed by atoms with E-state index in [-0.39, 0.29) is 24.4 Å². The molecule has 25 heavy (non-hydrogen) atoms. The van der Waals surface area contributed by atoms with Gasteiger partial charge in [-0.3, -0.25) is 14.2 Å². The number of imidazole rings is 1. The Labute approximate surface area is 144 Å². The highest BCUT2D eigenvalue weighted by atomic mass is 16.2. The van der Waals surface area contributed by atoms with Crippen LogP contribution < -0.4 is 17.0 Å². The summed E-state index contributed by atoms with van der Waals surface area (Å²) in [6.45, 7) is 2.87. The molecule has 0 spiro atoms. The predicted octanol–water partition coefficient (Wildman–Crippen LogP) is -0.980. The molecular weight excluding hydrogens is 324 g/mol. The van der Waals surface area contributed by atoms with Crippen LogP contribution >= 0.6 is 0 Å². The summed E-state index contributed by atoms with van der Waals surface area (Å²) in [4.78, 5) is 43.6. The van der Waals surface area contributed by atoms with Crippen molar-refractivity contribution in [1.82, 2.24) is 23.6 Å². The third-order valence-electron chi connectivity index (χ3n) is 5.05. The van der Waals surface area contributed by atoms with Crippen molar-refractivity contribution in [3.8, 4) is 0 Å². The molecule has 1 aliphatic rings. The van der Waals surface area contributed by atoms with Crippen molar-refractivity contribution in [3.63, 3.8) is 0 Å². The van der Waals surface area contributed by atoms with Crippen LogP contribution in [0.2, 0.25) is 0 Å². The maximum absolute atomic E-state index is 12.7. The molecule has 0 bridgehead atoms. The lowest BCUT2D eigenvalue weighted by molar-refractivity contribution is -0.133. The quantitative estimate of drug-likeness (QED) is 0.767. The van der Waals surface area contributed by atoms with Gasteiger partial charge in [0.25, 0.3) is 5.56 Å². The van der Waals surface area contributed by atoms with Gasteiger partial charge in [-0.05, 0) is 25.7 Å². The smallest absolute Gasteiger partial charge is 0.332 e. The molecule has 2 atom stereocenters. The van der Waals surface area contributed by atoms with Crippen molar-refractivity contribution in [2.45, 2.75) is 32.4 Å². The average Bonchev–Trinajstić information content (AvgIpc) is 2.98. The number of nitrogens with two attached hydrogens (primary N) is 1. The number of aromatic nitrogens is 4. The Balaban J connectivity index is 1.93. The van der Waals surface area contributed by atoms with Crippen LogP contribution in [0.4, 0.5) is 0 Å². The van der Waals surface area contributed by atoms with Crippen molar-refractivity contribution in [2.75, 3.05) is 13.1 Å². The molecule has 2 aromatic heterocycles. The van der Waals surface area contributed by atoms with E-state index in [2.05, 4.69) is 4.98 Å². The molecule has 1 aliphatic heterocycles. The summed E-state index contributed by atoms with van der Waals surface area (Å²) in [5.74, 6) is 0.0166. The van der Waals surface area contributed by atoms with E-state index in [1.165, 1.54) is 10.9 Å². The molecule has 0 aliphatic carbocycles. The van der Waals surface area contributed by atoms with Gasteiger partial charge in [-0.1, -0.05) is 0 Å². The first kappa shape index (κ1) is 17.4. The maximum Gasteiger partial charge on any atom is 0.332 e. The first-order chi connectivity index (χ1) is 11.8. The maximum atomic E-state index is 12.7. The minimum atomic E-state index is -0.537. The number of piperidine rings is 1. The Morgan fingerprint density at radius 2 is 2.12 bits per heavy atom. The van der Waals surface area contributed by atoms with E-state index >= 15 is 0 Å². The van der Waals surface area contributed by atoms with Gasteiger partial charge < -0.3 is 15.2 Å². The average molecular weight is 348 g/mol. The minimum absolute atomic E-state index is 0.0111. The van der Waals surface area contributed by atoms with Crippen LogP contribution in [0, 0.1) is 5.92 Å². The number of rotatable bonds is 3. The molecule has 2 unspecified atom stereocenters. The van der Waals surface area contributed by atoms with Crippen LogP contribution in [-0.4, -0.2) is 48.6 Å². The van der Waals surface area contributed by atoms with E-state index in [0.717, 1.165) is 17.4 Å². The first-order valence-corrected chi connectivity index (χ1v) is 8.45. The molecule has 3 heterocycles. The van der Waals surface area contributed by atoms with Crippen LogP contribution in [0.1, 0.15) is 19.8 Å². The van der Waals surface area contributed by atoms with E-state index < -0.39 is 11.2 Å². The molecule has 136 valence electrons. The molecule has 0 radical (unpaired) electrons. The lowest BCUT2D eigenvalue weighted by atomic mass is 9.92. The van der Waals surface area contributed by atoms with E-state index in [1.54, 1.807) is 23.6 Å². The number of aryl methyl sites for hydroxylation is 2. The third-order valence-corrected chi connectivity index (χ3v) is 5.05. The zero-order valence-corrected chi connectivity index (χ0v) is 14.8. The second kappa shape index (κ2) is 6.47. The number of carbonyl (C=O) groups is 1. The summed E-state index contributed by atoms with van der Waals surface area (Å²) in [6.07, 6.45) is 3.35. The SMILES string of the molecule is CC(N)C1CCCN(C(=O)Cn2c(=O)c3c(ncn3C)n(C)c2=O)C1. The number of hydrogen-bond acceptors (Lipinski definition) is 5. The zero-order chi connectivity index (χ0) is 18.3. The number of carbonyl (C=O) groups excluding carboxylic acids is 1. The molecule has 1 amide bonds. The monoisotopic (exact) mass is 348 g/mol. The Hall–Kier alpha value is -2.42. The van der Waals surface area contributed by atoms with Gasteiger partial charge in [0.15, 0.2) is 11.2 Å². The lowest BCUT2D eigenvalue weighted by Crippen LogP contribution is -2.49. The third kappa shape index (κ3) is 2.99. The second-order valence-electron chi connectivity index (χ2n) is 6.86. The fourth-order valence-electron chi connectivity index (χ4n) is 3.44. The summed E-state index contributed by atoms with van der Waals surface area (Å²) >= 11 is 0. The molecule has 2 aromatic rings. The lowest BCUT2D eigenvalue weighted by Gasteiger charge is -2.34. The molecule has 9 nitrogen and oxygen atoms in total. The molecule has 0 aromatic carbocycles. The second-order valence-corrected chi connectivity index (χ2v) is 6.86. The highest BCUT2D eigenvalue weighted by Gasteiger charge is 2.27. The predicted molar refractivity (Wildman–Crippen MR) is 93.2 cm³/mol. The number of nitrogens with zero attached hydrogens (tertiary/aromatic N) is 5. The van der Waals surface area contributed by atoms with Gasteiger partial charge in [0.05, 0.1) is 6.33 Å². The van der Waals surface area contributed by atoms with Crippen molar-refractivity contribution in [2.24, 2.45) is 25.7 Å². The molecular formula is C16H24N6O3. The summed E-state index contributed by atoms with van der Waals surface area (Å²) in [6, 6.07) is 0.0111. The Morgan fingerprint density at radius 1 is 1.40 bits per heavy atom. The number of likely N-dealkylation sites (tertiary alicyclic amines) is 1. The number of amides is 1. The summed E-state index contributed by atoms with van der Waals surface area (Å²) in [7, 11) is 3.23. The highest BCUT2D eigenvalue weighted by molar-refractivity contribution is 5.77. The van der Waals surface area contributed by atoms with Crippen molar-refractivity contribution >= 4 is 17.1 Å². The molecule has 3 rings (SSSR count). The fourth-order valence-corrected chi connectivity index (χ4v) is 3.44. The van der Waals surface area contributed by atoms with E-state index in [0.29, 0.717) is 24.3 Å². The topological polar surface area (TPSA) is 108 Å². The highest BCUT2D eigenvalue weighted by Crippen LogP contribution is 2.18. The van der Waals surface area contributed by atoms with Crippen LogP contribution in [0.25, 0.3) is 11.2 Å². The van der Waals surface area contributed by atoms with Crippen LogP contribution in [0.5, 0.6) is 0 Å². The Bertz CT molecular complexity index is 922. The van der Waals surface area contributed by atoms with Gasteiger partial charge in [0.2, 0.25) is 5.91 Å². The summed E-state index contributed by atoms with van der Waals surface area (Å²) in [5, 5.41) is 0. The molecule has 1 saturated heterocycles. The van der Waals surface area contributed by atoms with Crippen LogP contribution in [0.3, 0.4) is 0 Å². The van der Waals surface area contributed by atoms with Crippen molar-refractivity contribution < 1.29 is 4.79 Å². The molecule has 2 N–H and O–H groups in total. The minimum Gasteiger partial charge on any atom is -0.341 e. The molecule has 9 heteroatoms. The molecule has 0 saturated carbocycles. The Kier molecular flexibility index (Phi) is 4.51. The fraction of sp³-hybridized carbons (Fsp3) is 0.625. The first-order valence-electron chi connectivity index (χ1n) is 8.45. The van der Waals surface area contributed by atoms with Crippen LogP contribution in [0.15, 0.2) is 15.9 Å². The largest absolute Gasteiger partial charge is 0.341 e. The van der Waals surface area contributed by atoms with Gasteiger partial charge in [-0.15, -0.1) is 0 Å². The number of hydrogen-bond donors (Lipinski definition) is 1. The molecule has 1 fully saturated rings. The van der Waals surface area contributed by atoms with Crippen molar-refractivity contribution in [1.29, 1.82) is 0 Å². The van der Waals surface area contributed by atoms with E-state index in [1.807, 2.05) is 6.92 Å². The van der Waals surface area contributed by atoms with Crippen molar-refractivity contribution in [3.05, 3.63) is 27.2 Å². The van der Waals surface area contributed by atoms with Gasteiger partial charge in [-0.2, -0.15) is 0 Å². The van der Waals surface area contributed by atoms with Crippen LogP contribution in [-0.2, 0) is 25.4 Å². The van der Waals surface area contributed by atoms with E-state index in [9.17, 15) is 14.4 Å². The summed E-state index contributed by atoms with van der Waals surface area (Å²) in [5.41, 5.74) is 5.55. The van der Waals surface area contributed by atoms with Gasteiger partial charge >= 0.3 is 5.69 Å². The summed E-state index contributed by atoms with van der Waals surface area (Å²) < 4.78 is 3.85.